The number of hydrogen-bond acceptors (Lipinski definition) is 2. The van der Waals surface area contributed by atoms with E-state index in [0.29, 0.717) is 5.69 Å². The van der Waals surface area contributed by atoms with Crippen LogP contribution in [0, 0.1) is 0 Å². The van der Waals surface area contributed by atoms with Gasteiger partial charge < -0.3 is 0 Å². The van der Waals surface area contributed by atoms with Crippen molar-refractivity contribution < 1.29 is 4.79 Å². The zero-order valence-corrected chi connectivity index (χ0v) is 6.40. The summed E-state index contributed by atoms with van der Waals surface area (Å²) < 4.78 is 0.729. The molecule has 0 saturated heterocycles. The third-order valence-electron chi connectivity index (χ3n) is 0.907. The largest absolute Gasteiger partial charge is 0.293 e. The van der Waals surface area contributed by atoms with Crippen LogP contribution in [0.5, 0.6) is 0 Å². The van der Waals surface area contributed by atoms with Gasteiger partial charge >= 0.3 is 0 Å². The van der Waals surface area contributed by atoms with Gasteiger partial charge in [-0.05, 0) is 15.9 Å². The number of Topliss-reactive ketones (excluding diaryl/α,β-unsaturated/α-hetero) is 1. The zero-order chi connectivity index (χ0) is 6.85. The van der Waals surface area contributed by atoms with Gasteiger partial charge in [0.05, 0.1) is 0 Å². The number of hydrogen-bond donors (Lipinski definition) is 1. The van der Waals surface area contributed by atoms with Crippen LogP contribution in [0.4, 0.5) is 0 Å². The third kappa shape index (κ3) is 1.38. The Morgan fingerprint density at radius 1 is 1.89 bits per heavy atom. The predicted molar refractivity (Wildman–Crippen MR) is 36.3 cm³/mol. The summed E-state index contributed by atoms with van der Waals surface area (Å²) in [4.78, 5) is 10.6. The number of halogens is 1. The molecule has 0 radical (unpaired) electrons. The van der Waals surface area contributed by atoms with Gasteiger partial charge in [-0.15, -0.1) is 0 Å². The lowest BCUT2D eigenvalue weighted by Gasteiger charge is -1.78. The van der Waals surface area contributed by atoms with Gasteiger partial charge in [0.25, 0.3) is 0 Å². The Labute approximate surface area is 60.6 Å². The van der Waals surface area contributed by atoms with Crippen molar-refractivity contribution in [2.45, 2.75) is 6.92 Å². The summed E-state index contributed by atoms with van der Waals surface area (Å²) in [7, 11) is 0. The lowest BCUT2D eigenvalue weighted by Crippen LogP contribution is -1.90. The highest BCUT2D eigenvalue weighted by molar-refractivity contribution is 9.10. The highest BCUT2D eigenvalue weighted by atomic mass is 79.9. The highest BCUT2D eigenvalue weighted by Gasteiger charge is 2.01. The van der Waals surface area contributed by atoms with Gasteiger partial charge in [-0.3, -0.25) is 9.89 Å². The van der Waals surface area contributed by atoms with E-state index < -0.39 is 0 Å². The molecule has 9 heavy (non-hydrogen) atoms. The van der Waals surface area contributed by atoms with Crippen molar-refractivity contribution in [3.63, 3.8) is 0 Å². The summed E-state index contributed by atoms with van der Waals surface area (Å²) in [5.74, 6) is -0.0306. The molecule has 0 aliphatic heterocycles. The minimum absolute atomic E-state index is 0.0306. The van der Waals surface area contributed by atoms with Crippen molar-refractivity contribution in [1.82, 2.24) is 10.2 Å². The Balaban J connectivity index is 2.98. The molecule has 1 heterocycles. The second-order valence-corrected chi connectivity index (χ2v) is 2.51. The van der Waals surface area contributed by atoms with Gasteiger partial charge in [0.15, 0.2) is 5.78 Å². The molecule has 0 saturated carbocycles. The fourth-order valence-electron chi connectivity index (χ4n) is 0.479. The molecule has 0 spiro atoms. The number of carbonyl (C=O) groups is 1. The first-order valence-corrected chi connectivity index (χ1v) is 3.21. The van der Waals surface area contributed by atoms with Crippen molar-refractivity contribution in [3.05, 3.63) is 16.4 Å². The van der Waals surface area contributed by atoms with Crippen LogP contribution in [0.25, 0.3) is 0 Å². The average Bonchev–Trinajstić information content (AvgIpc) is 2.14. The van der Waals surface area contributed by atoms with Gasteiger partial charge in [-0.2, -0.15) is 5.10 Å². The number of carbonyl (C=O) groups excluding carboxylic acids is 1. The molecule has 0 fully saturated rings. The molecule has 1 aromatic rings. The van der Waals surface area contributed by atoms with Crippen LogP contribution in [0.15, 0.2) is 10.7 Å². The standard InChI is InChI=1S/C5H5BrN2O/c1-3(9)4-2-5(6)8-7-4/h2H,1H3,(H,7,8). The third-order valence-corrected chi connectivity index (χ3v) is 1.31. The maximum atomic E-state index is 10.6. The molecule has 0 atom stereocenters. The molecule has 1 rings (SSSR count). The van der Waals surface area contributed by atoms with Crippen LogP contribution in [-0.2, 0) is 0 Å². The monoisotopic (exact) mass is 188 g/mol. The maximum absolute atomic E-state index is 10.6. The summed E-state index contributed by atoms with van der Waals surface area (Å²) >= 11 is 3.13. The lowest BCUT2D eigenvalue weighted by molar-refractivity contribution is 0.101. The second-order valence-electron chi connectivity index (χ2n) is 1.66. The topological polar surface area (TPSA) is 45.8 Å². The Morgan fingerprint density at radius 3 is 2.78 bits per heavy atom. The van der Waals surface area contributed by atoms with Gasteiger partial charge in [0, 0.05) is 13.0 Å². The van der Waals surface area contributed by atoms with Gasteiger partial charge in [-0.25, -0.2) is 0 Å². The summed E-state index contributed by atoms with van der Waals surface area (Å²) in [6.45, 7) is 1.47. The van der Waals surface area contributed by atoms with Crippen molar-refractivity contribution in [3.8, 4) is 0 Å². The van der Waals surface area contributed by atoms with Crippen LogP contribution in [-0.4, -0.2) is 16.0 Å². The molecule has 48 valence electrons. The summed E-state index contributed by atoms with van der Waals surface area (Å²) in [6, 6.07) is 1.64. The van der Waals surface area contributed by atoms with Crippen molar-refractivity contribution in [2.75, 3.05) is 0 Å². The zero-order valence-electron chi connectivity index (χ0n) is 4.81. The normalized spacial score (nSPS) is 9.56. The molecule has 0 amide bonds. The highest BCUT2D eigenvalue weighted by Crippen LogP contribution is 2.06. The number of nitrogens with zero attached hydrogens (tertiary/aromatic N) is 1. The van der Waals surface area contributed by atoms with E-state index in [9.17, 15) is 4.79 Å². The molecule has 1 N–H and O–H groups in total. The van der Waals surface area contributed by atoms with Crippen molar-refractivity contribution in [2.24, 2.45) is 0 Å². The van der Waals surface area contributed by atoms with Crippen molar-refractivity contribution >= 4 is 21.7 Å². The Kier molecular flexibility index (Phi) is 1.66. The van der Waals surface area contributed by atoms with E-state index in [4.69, 9.17) is 0 Å². The first-order valence-electron chi connectivity index (χ1n) is 2.42. The number of rotatable bonds is 1. The smallest absolute Gasteiger partial charge is 0.180 e. The fourth-order valence-corrected chi connectivity index (χ4v) is 0.784. The molecule has 3 nitrogen and oxygen atoms in total. The predicted octanol–water partition coefficient (Wildman–Crippen LogP) is 1.37. The molecule has 0 aliphatic carbocycles. The number of nitrogens with one attached hydrogen (secondary N) is 1. The Morgan fingerprint density at radius 2 is 2.56 bits per heavy atom. The molecular formula is C5H5BrN2O. The van der Waals surface area contributed by atoms with Gasteiger partial charge in [0.1, 0.15) is 10.3 Å². The van der Waals surface area contributed by atoms with Gasteiger partial charge in [0.2, 0.25) is 0 Å². The number of aromatic amines is 1. The molecule has 1 aromatic heterocycles. The minimum atomic E-state index is -0.0306. The first-order chi connectivity index (χ1) is 4.20. The molecule has 4 heteroatoms. The Hall–Kier alpha value is -0.640. The van der Waals surface area contributed by atoms with E-state index >= 15 is 0 Å². The van der Waals surface area contributed by atoms with Crippen LogP contribution >= 0.6 is 15.9 Å². The van der Waals surface area contributed by atoms with Crippen molar-refractivity contribution in [1.29, 1.82) is 0 Å². The second kappa shape index (κ2) is 2.31. The molecule has 0 bridgehead atoms. The van der Waals surface area contributed by atoms with Gasteiger partial charge in [-0.1, -0.05) is 0 Å². The number of aromatic nitrogens is 2. The van der Waals surface area contributed by atoms with Crippen LogP contribution in [0.1, 0.15) is 17.4 Å². The fraction of sp³-hybridized carbons (Fsp3) is 0.200. The first kappa shape index (κ1) is 6.48. The van der Waals surface area contributed by atoms with E-state index in [1.54, 1.807) is 6.07 Å². The quantitative estimate of drug-likeness (QED) is 0.678. The number of H-pyrrole nitrogens is 1. The summed E-state index contributed by atoms with van der Waals surface area (Å²) in [6.07, 6.45) is 0. The minimum Gasteiger partial charge on any atom is -0.293 e. The van der Waals surface area contributed by atoms with Crippen LogP contribution < -0.4 is 0 Å². The molecule has 0 unspecified atom stereocenters. The number of ketones is 1. The van der Waals surface area contributed by atoms with E-state index in [1.807, 2.05) is 0 Å². The summed E-state index contributed by atoms with van der Waals surface area (Å²) in [5, 5.41) is 6.29. The average molecular weight is 189 g/mol. The molecule has 0 aromatic carbocycles. The van der Waals surface area contributed by atoms with Crippen LogP contribution in [0.3, 0.4) is 0 Å². The lowest BCUT2D eigenvalue weighted by atomic mass is 10.3. The van der Waals surface area contributed by atoms with E-state index in [-0.39, 0.29) is 5.78 Å². The SMILES string of the molecule is CC(=O)c1cc(Br)[nH]n1. The van der Waals surface area contributed by atoms with E-state index in [2.05, 4.69) is 26.1 Å². The maximum Gasteiger partial charge on any atom is 0.180 e. The van der Waals surface area contributed by atoms with Crippen LogP contribution in [0.2, 0.25) is 0 Å². The van der Waals surface area contributed by atoms with E-state index in [0.717, 1.165) is 4.60 Å². The molecular weight excluding hydrogens is 184 g/mol. The Bertz CT molecular complexity index is 231. The summed E-state index contributed by atoms with van der Waals surface area (Å²) in [5.41, 5.74) is 0.460. The van der Waals surface area contributed by atoms with E-state index in [1.165, 1.54) is 6.92 Å². The molecule has 0 aliphatic rings.